The Morgan fingerprint density at radius 3 is 2.09 bits per heavy atom. The van der Waals surface area contributed by atoms with Crippen molar-refractivity contribution in [2.75, 3.05) is 0 Å². The molecule has 7 nitrogen and oxygen atoms in total. The Labute approximate surface area is 62.4 Å². The predicted octanol–water partition coefficient (Wildman–Crippen LogP) is 0.572. The fourth-order valence-electron chi connectivity index (χ4n) is 0.147. The first kappa shape index (κ1) is 10.5. The van der Waals surface area contributed by atoms with E-state index >= 15 is 0 Å². The molecule has 0 spiro atoms. The first-order valence-electron chi connectivity index (χ1n) is 2.10. The monoisotopic (exact) mass is 202 g/mol. The number of carboxylic acid groups (broad SMARTS) is 1. The normalized spacial score (nSPS) is 11.8. The lowest BCUT2D eigenvalue weighted by atomic mass is 11.6. The van der Waals surface area contributed by atoms with Crippen LogP contribution in [0, 0.1) is 0 Å². The van der Waals surface area contributed by atoms with Crippen molar-refractivity contribution in [3.63, 3.8) is 0 Å². The molecule has 0 aliphatic carbocycles. The smallest absolute Gasteiger partial charge is 0.433 e. The zero-order valence-electron chi connectivity index (χ0n) is 4.92. The summed E-state index contributed by atoms with van der Waals surface area (Å²) in [4.78, 5) is 35.9. The van der Waals surface area contributed by atoms with E-state index < -0.39 is 27.8 Å². The van der Waals surface area contributed by atoms with Gasteiger partial charge in [0.1, 0.15) is 0 Å². The summed E-state index contributed by atoms with van der Waals surface area (Å²) in [6.07, 6.45) is 0. The molecule has 0 aromatic heterocycles. The van der Waals surface area contributed by atoms with Crippen LogP contribution in [-0.4, -0.2) is 26.3 Å². The lowest BCUT2D eigenvalue weighted by Gasteiger charge is -2.00. The Hall–Kier alpha value is -0.480. The van der Waals surface area contributed by atoms with Gasteiger partial charge in [0, 0.05) is 0 Å². The molecule has 0 radical (unpaired) electrons. The van der Waals surface area contributed by atoms with Crippen LogP contribution in [0.3, 0.4) is 0 Å². The first-order chi connectivity index (χ1) is 4.84. The van der Waals surface area contributed by atoms with Crippen molar-refractivity contribution in [1.82, 2.24) is 0 Å². The lowest BCUT2D eigenvalue weighted by Crippen LogP contribution is -1.97. The number of hydrogen-bond donors (Lipinski definition) is 3. The van der Waals surface area contributed by atoms with E-state index in [1.165, 1.54) is 0 Å². The molecule has 0 aliphatic heterocycles. The highest BCUT2D eigenvalue weighted by atomic mass is 31.2. The summed E-state index contributed by atoms with van der Waals surface area (Å²) >= 11 is 0. The second-order valence-corrected chi connectivity index (χ2v) is 3.61. The summed E-state index contributed by atoms with van der Waals surface area (Å²) < 4.78 is 13.7. The van der Waals surface area contributed by atoms with Crippen LogP contribution in [0.4, 0.5) is 9.59 Å². The zero-order chi connectivity index (χ0) is 9.07. The van der Waals surface area contributed by atoms with Crippen LogP contribution in [0.1, 0.15) is 0 Å². The van der Waals surface area contributed by atoms with E-state index in [0.717, 1.165) is 0 Å². The Bertz CT molecular complexity index is 214. The average Bonchev–Trinajstić information content (AvgIpc) is 1.80. The molecule has 11 heavy (non-hydrogen) atoms. The van der Waals surface area contributed by atoms with Gasteiger partial charge in [-0.1, -0.05) is 0 Å². The molecule has 0 aromatic carbocycles. The van der Waals surface area contributed by atoms with Crippen LogP contribution in [0.15, 0.2) is 0 Å². The number of carbonyl (C=O) groups is 2. The van der Waals surface area contributed by atoms with Crippen LogP contribution >= 0.6 is 16.4 Å². The Morgan fingerprint density at radius 2 is 1.82 bits per heavy atom. The highest BCUT2D eigenvalue weighted by Crippen LogP contribution is 2.39. The number of carbonyl (C=O) groups excluding carboxylic acids is 1. The van der Waals surface area contributed by atoms with Gasteiger partial charge in [-0.05, 0) is 0 Å². The van der Waals surface area contributed by atoms with Gasteiger partial charge in [0.15, 0.2) is 8.81 Å². The van der Waals surface area contributed by atoms with Gasteiger partial charge < -0.3 is 19.4 Å². The first-order valence-corrected chi connectivity index (χ1v) is 4.62. The predicted molar refractivity (Wildman–Crippen MR) is 34.9 cm³/mol. The molecule has 0 rings (SSSR count). The topological polar surface area (TPSA) is 121 Å². The van der Waals surface area contributed by atoms with E-state index in [1.807, 2.05) is 0 Å². The van der Waals surface area contributed by atoms with Gasteiger partial charge in [0.2, 0.25) is 0 Å². The molecule has 0 heterocycles. The highest BCUT2D eigenvalue weighted by Gasteiger charge is 2.28. The molecule has 3 N–H and O–H groups in total. The summed E-state index contributed by atoms with van der Waals surface area (Å²) in [7, 11) is -6.21. The molecular formula is C2H4O7P2. The molecule has 0 aromatic rings. The van der Waals surface area contributed by atoms with Crippen molar-refractivity contribution in [3.8, 4) is 0 Å². The van der Waals surface area contributed by atoms with E-state index in [0.29, 0.717) is 0 Å². The van der Waals surface area contributed by atoms with Gasteiger partial charge >= 0.3 is 19.0 Å². The molecular weight excluding hydrogens is 198 g/mol. The van der Waals surface area contributed by atoms with Gasteiger partial charge in [-0.2, -0.15) is 0 Å². The fourth-order valence-corrected chi connectivity index (χ4v) is 0.934. The van der Waals surface area contributed by atoms with E-state index in [4.69, 9.17) is 14.9 Å². The molecule has 1 unspecified atom stereocenters. The molecule has 0 saturated heterocycles. The Morgan fingerprint density at radius 1 is 1.36 bits per heavy atom. The Balaban J connectivity index is 3.91. The second kappa shape index (κ2) is 3.78. The quantitative estimate of drug-likeness (QED) is 0.571. The zero-order valence-corrected chi connectivity index (χ0v) is 6.82. The van der Waals surface area contributed by atoms with Crippen LogP contribution in [-0.2, 0) is 9.09 Å². The van der Waals surface area contributed by atoms with E-state index in [9.17, 15) is 14.2 Å². The van der Waals surface area contributed by atoms with Crippen molar-refractivity contribution in [2.45, 2.75) is 0 Å². The third-order valence-electron chi connectivity index (χ3n) is 0.463. The van der Waals surface area contributed by atoms with Crippen LogP contribution < -0.4 is 0 Å². The third kappa shape index (κ3) is 4.86. The van der Waals surface area contributed by atoms with Crippen molar-refractivity contribution >= 4 is 27.8 Å². The Kier molecular flexibility index (Phi) is 3.62. The summed E-state index contributed by atoms with van der Waals surface area (Å²) in [5, 5.41) is 7.91. The number of hydrogen-bond acceptors (Lipinski definition) is 4. The molecule has 9 heteroatoms. The molecule has 64 valence electrons. The molecule has 0 aliphatic rings. The van der Waals surface area contributed by atoms with Crippen molar-refractivity contribution in [1.29, 1.82) is 0 Å². The highest BCUT2D eigenvalue weighted by molar-refractivity contribution is 7.70. The molecule has 1 atom stereocenters. The van der Waals surface area contributed by atoms with Gasteiger partial charge in [0.05, 0.1) is 0 Å². The van der Waals surface area contributed by atoms with Crippen LogP contribution in [0.25, 0.3) is 0 Å². The largest absolute Gasteiger partial charge is 0.476 e. The van der Waals surface area contributed by atoms with Gasteiger partial charge in [0.25, 0.3) is 0 Å². The van der Waals surface area contributed by atoms with Gasteiger partial charge in [-0.3, -0.25) is 0 Å². The fraction of sp³-hybridized carbons (Fsp3) is 0. The SMILES string of the molecule is O=C(O)POC(=O)P(=O)(O)O. The van der Waals surface area contributed by atoms with Crippen molar-refractivity contribution in [3.05, 3.63) is 0 Å². The van der Waals surface area contributed by atoms with Crippen molar-refractivity contribution in [2.24, 2.45) is 0 Å². The third-order valence-corrected chi connectivity index (χ3v) is 1.66. The maximum atomic E-state index is 10.1. The van der Waals surface area contributed by atoms with Gasteiger partial charge in [-0.15, -0.1) is 0 Å². The maximum Gasteiger partial charge on any atom is 0.433 e. The van der Waals surface area contributed by atoms with Crippen LogP contribution in [0.2, 0.25) is 0 Å². The van der Waals surface area contributed by atoms with Crippen molar-refractivity contribution < 1.29 is 33.6 Å². The lowest BCUT2D eigenvalue weighted by molar-refractivity contribution is 0.210. The maximum absolute atomic E-state index is 10.1. The molecule has 0 amide bonds. The minimum absolute atomic E-state index is 1.28. The van der Waals surface area contributed by atoms with E-state index in [-0.39, 0.29) is 0 Å². The minimum atomic E-state index is -4.93. The second-order valence-electron chi connectivity index (χ2n) is 1.32. The summed E-state index contributed by atoms with van der Waals surface area (Å²) in [5.74, 6) is 0. The van der Waals surface area contributed by atoms with Crippen LogP contribution in [0.5, 0.6) is 0 Å². The minimum Gasteiger partial charge on any atom is -0.476 e. The molecule has 0 saturated carbocycles. The summed E-state index contributed by atoms with van der Waals surface area (Å²) in [6.45, 7) is 0. The summed E-state index contributed by atoms with van der Waals surface area (Å²) in [5.41, 5.74) is -3.27. The van der Waals surface area contributed by atoms with E-state index in [2.05, 4.69) is 4.52 Å². The molecule has 0 bridgehead atoms. The van der Waals surface area contributed by atoms with Gasteiger partial charge in [-0.25, -0.2) is 14.2 Å². The average molecular weight is 202 g/mol. The summed E-state index contributed by atoms with van der Waals surface area (Å²) in [6, 6.07) is 0. The standard InChI is InChI=1S/C2H4O7P2/c3-1(4)10-9-2(5)11(6,7)8/h10H,(H,3,4)(H2,6,7,8). The van der Waals surface area contributed by atoms with E-state index in [1.54, 1.807) is 0 Å². The number of rotatable bonds is 3. The molecule has 0 fully saturated rings.